The molecule has 0 saturated heterocycles. The van der Waals surface area contributed by atoms with Crippen molar-refractivity contribution in [1.29, 1.82) is 0 Å². The Morgan fingerprint density at radius 2 is 2.20 bits per heavy atom. The maximum atomic E-state index is 13.4. The lowest BCUT2D eigenvalue weighted by Crippen LogP contribution is -2.55. The molecular weight excluding hydrogens is 363 g/mol. The van der Waals surface area contributed by atoms with Gasteiger partial charge < -0.3 is 14.6 Å². The van der Waals surface area contributed by atoms with Crippen molar-refractivity contribution in [3.63, 3.8) is 0 Å². The first kappa shape index (κ1) is 17.2. The molecule has 0 fully saturated rings. The number of carbonyl (C=O) groups is 1. The van der Waals surface area contributed by atoms with Gasteiger partial charge >= 0.3 is 12.1 Å². The highest BCUT2D eigenvalue weighted by molar-refractivity contribution is 7.14. The van der Waals surface area contributed by atoms with E-state index >= 15 is 0 Å². The zero-order valence-corrected chi connectivity index (χ0v) is 13.1. The predicted octanol–water partition coefficient (Wildman–Crippen LogP) is 2.96. The average molecular weight is 373 g/mol. The molecule has 0 aliphatic carbocycles. The molecule has 0 saturated carbocycles. The van der Waals surface area contributed by atoms with E-state index in [1.165, 1.54) is 18.4 Å². The van der Waals surface area contributed by atoms with Gasteiger partial charge in [0.25, 0.3) is 5.72 Å². The summed E-state index contributed by atoms with van der Waals surface area (Å²) in [4.78, 5) is 14.4. The molecule has 0 spiro atoms. The molecule has 2 N–H and O–H groups in total. The Bertz CT molecular complexity index is 844. The van der Waals surface area contributed by atoms with Crippen LogP contribution in [0.3, 0.4) is 0 Å². The Morgan fingerprint density at radius 1 is 1.44 bits per heavy atom. The van der Waals surface area contributed by atoms with Gasteiger partial charge in [-0.1, -0.05) is 0 Å². The van der Waals surface area contributed by atoms with E-state index in [1.807, 2.05) is 0 Å². The summed E-state index contributed by atoms with van der Waals surface area (Å²) in [6, 6.07) is 3.21. The van der Waals surface area contributed by atoms with Crippen molar-refractivity contribution in [3.8, 4) is 0 Å². The van der Waals surface area contributed by atoms with E-state index in [4.69, 9.17) is 9.52 Å². The fraction of sp³-hybridized carbons (Fsp3) is 0.214. The maximum absolute atomic E-state index is 13.4. The van der Waals surface area contributed by atoms with Crippen molar-refractivity contribution in [1.82, 2.24) is 4.98 Å². The Balaban J connectivity index is 1.96. The van der Waals surface area contributed by atoms with Gasteiger partial charge in [-0.05, 0) is 24.3 Å². The number of allylic oxidation sites excluding steroid dienone is 1. The molecule has 7 nitrogen and oxygen atoms in total. The summed E-state index contributed by atoms with van der Waals surface area (Å²) in [7, 11) is 0. The molecule has 1 unspecified atom stereocenters. The average Bonchev–Trinajstić information content (AvgIpc) is 3.24. The van der Waals surface area contributed by atoms with Gasteiger partial charge in [-0.15, -0.1) is 11.3 Å². The minimum absolute atomic E-state index is 0.0664. The zero-order valence-electron chi connectivity index (χ0n) is 12.3. The highest BCUT2D eigenvalue weighted by atomic mass is 32.1. The van der Waals surface area contributed by atoms with Crippen LogP contribution in [-0.2, 0) is 0 Å². The quantitative estimate of drug-likeness (QED) is 0.855. The van der Waals surface area contributed by atoms with Gasteiger partial charge in [-0.2, -0.15) is 23.3 Å². The van der Waals surface area contributed by atoms with Gasteiger partial charge in [0.2, 0.25) is 5.13 Å². The number of aromatic nitrogens is 1. The van der Waals surface area contributed by atoms with Gasteiger partial charge in [-0.3, -0.25) is 0 Å². The number of aliphatic hydroxyl groups is 1. The molecule has 2 aromatic rings. The number of aromatic carboxylic acids is 1. The van der Waals surface area contributed by atoms with E-state index in [9.17, 15) is 23.1 Å². The van der Waals surface area contributed by atoms with Gasteiger partial charge in [0, 0.05) is 5.38 Å². The number of nitrogens with zero attached hydrogens (tertiary/aromatic N) is 3. The van der Waals surface area contributed by atoms with Crippen LogP contribution in [0.4, 0.5) is 18.3 Å². The molecule has 0 radical (unpaired) electrons. The lowest BCUT2D eigenvalue weighted by atomic mass is 10.1. The smallest absolute Gasteiger partial charge is 0.438 e. The van der Waals surface area contributed by atoms with Crippen molar-refractivity contribution < 1.29 is 32.6 Å². The molecule has 3 heterocycles. The topological polar surface area (TPSA) is 99.2 Å². The van der Waals surface area contributed by atoms with Crippen LogP contribution >= 0.6 is 11.3 Å². The predicted molar refractivity (Wildman–Crippen MR) is 82.4 cm³/mol. The van der Waals surface area contributed by atoms with Crippen LogP contribution in [0.5, 0.6) is 0 Å². The lowest BCUT2D eigenvalue weighted by Gasteiger charge is -2.32. The molecule has 132 valence electrons. The van der Waals surface area contributed by atoms with Crippen LogP contribution < -0.4 is 5.01 Å². The number of carboxylic acids is 1. The normalized spacial score (nSPS) is 21.1. The molecular formula is C14H10F3N3O4S. The monoisotopic (exact) mass is 373 g/mol. The summed E-state index contributed by atoms with van der Waals surface area (Å²) in [5.41, 5.74) is -3.81. The van der Waals surface area contributed by atoms with E-state index in [0.29, 0.717) is 22.1 Å². The van der Waals surface area contributed by atoms with E-state index in [0.717, 1.165) is 5.38 Å². The maximum Gasteiger partial charge on any atom is 0.438 e. The van der Waals surface area contributed by atoms with Crippen LogP contribution in [0.15, 0.2) is 39.4 Å². The number of furan rings is 1. The zero-order chi connectivity index (χ0) is 18.2. The third-order valence-corrected chi connectivity index (χ3v) is 4.15. The number of anilines is 1. The highest BCUT2D eigenvalue weighted by Crippen LogP contribution is 2.43. The molecule has 1 atom stereocenters. The molecule has 0 bridgehead atoms. The number of thiazole rings is 1. The number of rotatable bonds is 4. The second-order valence-electron chi connectivity index (χ2n) is 5.06. The standard InChI is InChI=1S/C14H10F3N3O4S/c15-14(16,17)13(23)6-8(3-4-9-2-1-5-24-9)19-20(13)12-18-10(7-25-12)11(21)22/h1-5,7,23H,6H2,(H,21,22). The molecule has 11 heteroatoms. The minimum atomic E-state index is -5.04. The van der Waals surface area contributed by atoms with E-state index in [-0.39, 0.29) is 10.8 Å². The molecule has 25 heavy (non-hydrogen) atoms. The van der Waals surface area contributed by atoms with Gasteiger partial charge in [-0.25, -0.2) is 9.78 Å². The van der Waals surface area contributed by atoms with Crippen LogP contribution in [0.1, 0.15) is 22.7 Å². The van der Waals surface area contributed by atoms with E-state index in [2.05, 4.69) is 10.1 Å². The van der Waals surface area contributed by atoms with Gasteiger partial charge in [0.05, 0.1) is 18.4 Å². The minimum Gasteiger partial charge on any atom is -0.476 e. The molecule has 1 aliphatic rings. The first-order chi connectivity index (χ1) is 11.7. The summed E-state index contributed by atoms with van der Waals surface area (Å²) >= 11 is 0.636. The van der Waals surface area contributed by atoms with Crippen molar-refractivity contribution in [2.24, 2.45) is 5.10 Å². The lowest BCUT2D eigenvalue weighted by molar-refractivity contribution is -0.254. The molecule has 2 aromatic heterocycles. The number of halogens is 3. The van der Waals surface area contributed by atoms with Crippen LogP contribution in [0.2, 0.25) is 0 Å². The second-order valence-corrected chi connectivity index (χ2v) is 5.90. The Morgan fingerprint density at radius 3 is 2.76 bits per heavy atom. The number of hydrogen-bond donors (Lipinski definition) is 2. The van der Waals surface area contributed by atoms with Gasteiger partial charge in [0.1, 0.15) is 5.76 Å². The molecule has 0 aromatic carbocycles. The molecule has 1 aliphatic heterocycles. The first-order valence-corrected chi connectivity index (χ1v) is 7.66. The first-order valence-electron chi connectivity index (χ1n) is 6.78. The number of carboxylic acid groups (broad SMARTS) is 1. The molecule has 0 amide bonds. The largest absolute Gasteiger partial charge is 0.476 e. The number of alkyl halides is 3. The summed E-state index contributed by atoms with van der Waals surface area (Å²) < 4.78 is 45.2. The number of hydrogen-bond acceptors (Lipinski definition) is 7. The van der Waals surface area contributed by atoms with E-state index in [1.54, 1.807) is 12.1 Å². The van der Waals surface area contributed by atoms with Crippen LogP contribution in [0.25, 0.3) is 6.08 Å². The Hall–Kier alpha value is -2.66. The molecule has 3 rings (SSSR count). The Kier molecular flexibility index (Phi) is 4.13. The summed E-state index contributed by atoms with van der Waals surface area (Å²) in [5, 5.41) is 23.8. The Labute approximate surface area is 142 Å². The summed E-state index contributed by atoms with van der Waals surface area (Å²) in [6.45, 7) is 0. The second kappa shape index (κ2) is 6.01. The van der Waals surface area contributed by atoms with Crippen LogP contribution in [-0.4, -0.2) is 38.8 Å². The van der Waals surface area contributed by atoms with Crippen molar-refractivity contribution in [3.05, 3.63) is 41.3 Å². The SMILES string of the molecule is O=C(O)c1csc(N2N=C(C=Cc3ccco3)CC2(O)C(F)(F)F)n1. The number of hydrazone groups is 1. The van der Waals surface area contributed by atoms with Crippen LogP contribution in [0, 0.1) is 0 Å². The summed E-state index contributed by atoms with van der Waals surface area (Å²) in [6.07, 6.45) is -1.79. The van der Waals surface area contributed by atoms with Crippen molar-refractivity contribution >= 4 is 34.2 Å². The van der Waals surface area contributed by atoms with Crippen molar-refractivity contribution in [2.75, 3.05) is 5.01 Å². The fourth-order valence-electron chi connectivity index (χ4n) is 2.11. The van der Waals surface area contributed by atoms with E-state index < -0.39 is 30.0 Å². The summed E-state index contributed by atoms with van der Waals surface area (Å²) in [5.74, 6) is -0.988. The third kappa shape index (κ3) is 3.15. The third-order valence-electron chi connectivity index (χ3n) is 3.34. The van der Waals surface area contributed by atoms with Crippen molar-refractivity contribution in [2.45, 2.75) is 18.3 Å². The fourth-order valence-corrected chi connectivity index (χ4v) is 2.93. The van der Waals surface area contributed by atoms with Gasteiger partial charge in [0.15, 0.2) is 5.69 Å². The highest BCUT2D eigenvalue weighted by Gasteiger charge is 2.62.